The van der Waals surface area contributed by atoms with Crippen LogP contribution < -0.4 is 5.32 Å². The van der Waals surface area contributed by atoms with E-state index in [9.17, 15) is 14.4 Å². The van der Waals surface area contributed by atoms with Crippen LogP contribution in [0.2, 0.25) is 0 Å². The largest absolute Gasteiger partial charge is 0.480 e. The Hall–Kier alpha value is -2.02. The highest BCUT2D eigenvalue weighted by Crippen LogP contribution is 2.07. The average Bonchev–Trinajstić information content (AvgIpc) is 2.51. The molecule has 0 saturated carbocycles. The summed E-state index contributed by atoms with van der Waals surface area (Å²) >= 11 is 1.15. The van der Waals surface area contributed by atoms with Gasteiger partial charge >= 0.3 is 12.0 Å². The topological polar surface area (TPSA) is 86.7 Å². The molecule has 0 heterocycles. The van der Waals surface area contributed by atoms with Crippen molar-refractivity contribution >= 4 is 28.9 Å². The molecule has 1 rings (SSSR count). The number of carboxylic acids is 1. The molecule has 1 aromatic carbocycles. The van der Waals surface area contributed by atoms with Crippen LogP contribution in [-0.4, -0.2) is 52.0 Å². The van der Waals surface area contributed by atoms with Gasteiger partial charge in [-0.15, -0.1) is 0 Å². The van der Waals surface area contributed by atoms with Crippen molar-refractivity contribution in [1.29, 1.82) is 0 Å². The van der Waals surface area contributed by atoms with Crippen molar-refractivity contribution < 1.29 is 19.5 Å². The van der Waals surface area contributed by atoms with Gasteiger partial charge in [0.1, 0.15) is 6.04 Å². The van der Waals surface area contributed by atoms with Crippen molar-refractivity contribution in [3.05, 3.63) is 35.4 Å². The van der Waals surface area contributed by atoms with Crippen LogP contribution in [0.3, 0.4) is 0 Å². The smallest absolute Gasteiger partial charge is 0.325 e. The Morgan fingerprint density at radius 3 is 2.38 bits per heavy atom. The zero-order valence-electron chi connectivity index (χ0n) is 14.2. The van der Waals surface area contributed by atoms with E-state index in [1.54, 1.807) is 4.90 Å². The maximum atomic E-state index is 12.3. The third-order valence-electron chi connectivity index (χ3n) is 3.46. The summed E-state index contributed by atoms with van der Waals surface area (Å²) in [5, 5.41) is 11.4. The molecular formula is C17H24N2O4S. The molecule has 24 heavy (non-hydrogen) atoms. The molecule has 1 aromatic rings. The highest BCUT2D eigenvalue weighted by atomic mass is 32.2. The lowest BCUT2D eigenvalue weighted by Crippen LogP contribution is -2.48. The van der Waals surface area contributed by atoms with Crippen molar-refractivity contribution in [3.63, 3.8) is 0 Å². The van der Waals surface area contributed by atoms with Crippen molar-refractivity contribution in [3.8, 4) is 0 Å². The number of amides is 2. The molecule has 0 radical (unpaired) electrons. The van der Waals surface area contributed by atoms with Crippen LogP contribution in [0.4, 0.5) is 4.79 Å². The number of nitrogens with zero attached hydrogens (tertiary/aromatic N) is 1. The number of carbonyl (C=O) groups excluding carboxylic acids is 2. The molecule has 0 aromatic heterocycles. The number of urea groups is 1. The fraction of sp³-hybridized carbons (Fsp3) is 0.471. The number of thioether (sulfide) groups is 1. The molecule has 0 unspecified atom stereocenters. The molecular weight excluding hydrogens is 328 g/mol. The van der Waals surface area contributed by atoms with E-state index in [-0.39, 0.29) is 5.12 Å². The fourth-order valence-corrected chi connectivity index (χ4v) is 2.57. The number of carbonyl (C=O) groups is 3. The Morgan fingerprint density at radius 2 is 1.83 bits per heavy atom. The molecule has 0 aliphatic heterocycles. The summed E-state index contributed by atoms with van der Waals surface area (Å²) in [4.78, 5) is 35.7. The van der Waals surface area contributed by atoms with Crippen LogP contribution in [0.25, 0.3) is 0 Å². The summed E-state index contributed by atoms with van der Waals surface area (Å²) in [6, 6.07) is 6.65. The van der Waals surface area contributed by atoms with Gasteiger partial charge in [0.25, 0.3) is 0 Å². The van der Waals surface area contributed by atoms with Crippen molar-refractivity contribution in [2.45, 2.75) is 33.2 Å². The number of aryl methyl sites for hydroxylation is 1. The van der Waals surface area contributed by atoms with Gasteiger partial charge in [0, 0.05) is 25.8 Å². The van der Waals surface area contributed by atoms with Gasteiger partial charge in [-0.2, -0.15) is 0 Å². The first kappa shape index (κ1) is 20.0. The maximum Gasteiger partial charge on any atom is 0.325 e. The predicted octanol–water partition coefficient (Wildman–Crippen LogP) is 2.30. The van der Waals surface area contributed by atoms with E-state index in [0.29, 0.717) is 25.3 Å². The van der Waals surface area contributed by atoms with E-state index in [0.717, 1.165) is 17.3 Å². The third kappa shape index (κ3) is 7.50. The lowest BCUT2D eigenvalue weighted by molar-refractivity contribution is -0.138. The number of benzene rings is 1. The summed E-state index contributed by atoms with van der Waals surface area (Å²) in [5.41, 5.74) is 2.27. The zero-order valence-corrected chi connectivity index (χ0v) is 15.1. The molecule has 6 nitrogen and oxygen atoms in total. The Bertz CT molecular complexity index is 574. The van der Waals surface area contributed by atoms with Crippen LogP contribution in [0.5, 0.6) is 0 Å². The van der Waals surface area contributed by atoms with Crippen LogP contribution in [-0.2, 0) is 16.0 Å². The van der Waals surface area contributed by atoms with Crippen molar-refractivity contribution in [2.75, 3.05) is 18.8 Å². The molecule has 2 amide bonds. The van der Waals surface area contributed by atoms with Gasteiger partial charge in [-0.05, 0) is 25.8 Å². The first-order chi connectivity index (χ1) is 11.3. The summed E-state index contributed by atoms with van der Waals surface area (Å²) in [5.74, 6) is -0.599. The Morgan fingerprint density at radius 1 is 1.21 bits per heavy atom. The van der Waals surface area contributed by atoms with Crippen LogP contribution in [0.15, 0.2) is 24.3 Å². The Kier molecular flexibility index (Phi) is 8.32. The molecule has 0 fully saturated rings. The average molecular weight is 352 g/mol. The number of hydrogen-bond donors (Lipinski definition) is 2. The van der Waals surface area contributed by atoms with E-state index >= 15 is 0 Å². The van der Waals surface area contributed by atoms with E-state index in [1.165, 1.54) is 19.4 Å². The molecule has 0 saturated heterocycles. The van der Waals surface area contributed by atoms with Gasteiger partial charge in [-0.25, -0.2) is 4.79 Å². The molecule has 1 atom stereocenters. The number of carboxylic acid groups (broad SMARTS) is 1. The molecule has 0 bridgehead atoms. The Balaban J connectivity index is 2.65. The summed E-state index contributed by atoms with van der Waals surface area (Å²) in [7, 11) is 0. The monoisotopic (exact) mass is 352 g/mol. The predicted molar refractivity (Wildman–Crippen MR) is 95.2 cm³/mol. The first-order valence-electron chi connectivity index (χ1n) is 7.76. The summed E-state index contributed by atoms with van der Waals surface area (Å²) in [6.07, 6.45) is 0.667. The minimum absolute atomic E-state index is 0.00667. The summed E-state index contributed by atoms with van der Waals surface area (Å²) < 4.78 is 0. The van der Waals surface area contributed by atoms with Gasteiger partial charge in [-0.1, -0.05) is 41.6 Å². The van der Waals surface area contributed by atoms with Gasteiger partial charge in [0.15, 0.2) is 5.12 Å². The van der Waals surface area contributed by atoms with E-state index < -0.39 is 18.0 Å². The van der Waals surface area contributed by atoms with Crippen molar-refractivity contribution in [1.82, 2.24) is 10.2 Å². The van der Waals surface area contributed by atoms with E-state index in [4.69, 9.17) is 5.11 Å². The quantitative estimate of drug-likeness (QED) is 0.750. The Labute approximate surface area is 146 Å². The third-order valence-corrected chi connectivity index (χ3v) is 4.25. The zero-order chi connectivity index (χ0) is 18.1. The fourth-order valence-electron chi connectivity index (χ4n) is 1.97. The van der Waals surface area contributed by atoms with Crippen LogP contribution in [0, 0.1) is 6.92 Å². The highest BCUT2D eigenvalue weighted by molar-refractivity contribution is 8.13. The minimum Gasteiger partial charge on any atom is -0.480 e. The lowest BCUT2D eigenvalue weighted by atomic mass is 10.1. The minimum atomic E-state index is -1.08. The maximum absolute atomic E-state index is 12.3. The van der Waals surface area contributed by atoms with Gasteiger partial charge < -0.3 is 15.3 Å². The highest BCUT2D eigenvalue weighted by Gasteiger charge is 2.19. The first-order valence-corrected chi connectivity index (χ1v) is 8.75. The number of nitrogens with one attached hydrogen (secondary N) is 1. The van der Waals surface area contributed by atoms with E-state index in [2.05, 4.69) is 5.32 Å². The molecule has 2 N–H and O–H groups in total. The second kappa shape index (κ2) is 9.97. The van der Waals surface area contributed by atoms with Gasteiger partial charge in [0.05, 0.1) is 0 Å². The normalized spacial score (nSPS) is 11.6. The van der Waals surface area contributed by atoms with Crippen LogP contribution in [0.1, 0.15) is 25.0 Å². The number of aliphatic carboxylic acids is 1. The lowest BCUT2D eigenvalue weighted by Gasteiger charge is -2.24. The summed E-state index contributed by atoms with van der Waals surface area (Å²) in [6.45, 7) is 5.75. The number of rotatable bonds is 8. The second-order valence-electron chi connectivity index (χ2n) is 5.57. The molecule has 0 aliphatic carbocycles. The molecule has 7 heteroatoms. The van der Waals surface area contributed by atoms with Crippen molar-refractivity contribution in [2.24, 2.45) is 0 Å². The molecule has 0 spiro atoms. The SMILES string of the molecule is CC(=O)SCCN(CCc1ccc(C)cc1)C(=O)N[C@@H](C)C(=O)O. The second-order valence-corrected chi connectivity index (χ2v) is 6.84. The standard InChI is InChI=1S/C17H24N2O4S/c1-12-4-6-15(7-5-12)8-9-19(10-11-24-14(3)20)17(23)18-13(2)16(21)22/h4-7,13H,8-11H2,1-3H3,(H,18,23)(H,21,22)/t13-/m0/s1. The van der Waals surface area contributed by atoms with E-state index in [1.807, 2.05) is 31.2 Å². The van der Waals surface area contributed by atoms with Gasteiger partial charge in [-0.3, -0.25) is 9.59 Å². The molecule has 132 valence electrons. The number of hydrogen-bond acceptors (Lipinski definition) is 4. The molecule has 0 aliphatic rings. The van der Waals surface area contributed by atoms with Gasteiger partial charge in [0.2, 0.25) is 0 Å². The van der Waals surface area contributed by atoms with Crippen LogP contribution >= 0.6 is 11.8 Å².